The van der Waals surface area contributed by atoms with Gasteiger partial charge in [0.2, 0.25) is 5.91 Å². The molecule has 0 aliphatic heterocycles. The first-order valence-electron chi connectivity index (χ1n) is 24.7. The zero-order chi connectivity index (χ0) is 43.1. The van der Waals surface area contributed by atoms with E-state index in [4.69, 9.17) is 4.74 Å². The average Bonchev–Trinajstić information content (AvgIpc) is 3.23. The van der Waals surface area contributed by atoms with E-state index in [0.29, 0.717) is 19.3 Å². The molecule has 0 aromatic carbocycles. The second-order valence-electron chi connectivity index (χ2n) is 16.6. The van der Waals surface area contributed by atoms with Gasteiger partial charge < -0.3 is 20.3 Å². The Morgan fingerprint density at radius 3 is 1.42 bits per heavy atom. The van der Waals surface area contributed by atoms with Crippen LogP contribution >= 0.6 is 0 Å². The van der Waals surface area contributed by atoms with Crippen LogP contribution in [-0.4, -0.2) is 46.9 Å². The molecule has 6 nitrogen and oxygen atoms in total. The molecule has 0 heterocycles. The number of carbonyl (C=O) groups is 2. The van der Waals surface area contributed by atoms with Gasteiger partial charge in [-0.2, -0.15) is 0 Å². The first-order chi connectivity index (χ1) is 29.0. The number of carbonyl (C=O) groups excluding carboxylic acids is 2. The van der Waals surface area contributed by atoms with E-state index >= 15 is 0 Å². The van der Waals surface area contributed by atoms with Crippen molar-refractivity contribution >= 4 is 11.9 Å². The Bertz CT molecular complexity index is 1110. The second kappa shape index (κ2) is 46.4. The van der Waals surface area contributed by atoms with Gasteiger partial charge in [-0.15, -0.1) is 0 Å². The summed E-state index contributed by atoms with van der Waals surface area (Å²) in [4.78, 5) is 26.1. The first kappa shape index (κ1) is 56.3. The molecule has 0 aliphatic carbocycles. The molecule has 0 aliphatic rings. The fourth-order valence-corrected chi connectivity index (χ4v) is 7.14. The Kier molecular flexibility index (Phi) is 44.2. The molecule has 0 saturated carbocycles. The number of ether oxygens (including phenoxy) is 1. The standard InChI is InChI=1S/C53H93NO5/c1-4-7-10-13-16-19-22-24-25-26-28-30-32-35-38-41-44-49(59-53(58)46-43-40-37-34-31-27-23-20-17-14-11-8-5-2)47-52(57)54-50(48-55)51(56)45-42-39-36-33-29-21-18-15-12-9-6-3/h8,11,14,17,20,23,25-28,30-31,49-51,55-56H,4-7,9-10,12-13,15-16,18-19,21-22,24,29,32-48H2,1-3H3,(H,54,57)/b11-8+,17-14+,23-20-,26-25+,30-28+,31-27-. The third kappa shape index (κ3) is 41.8. The summed E-state index contributed by atoms with van der Waals surface area (Å²) in [5.41, 5.74) is 0. The molecule has 6 heteroatoms. The van der Waals surface area contributed by atoms with Crippen molar-refractivity contribution in [3.63, 3.8) is 0 Å². The van der Waals surface area contributed by atoms with Crippen LogP contribution in [0.4, 0.5) is 0 Å². The van der Waals surface area contributed by atoms with Gasteiger partial charge >= 0.3 is 5.97 Å². The summed E-state index contributed by atoms with van der Waals surface area (Å²) >= 11 is 0. The van der Waals surface area contributed by atoms with E-state index in [1.165, 1.54) is 96.3 Å². The van der Waals surface area contributed by atoms with Gasteiger partial charge in [-0.05, 0) is 70.6 Å². The predicted molar refractivity (Wildman–Crippen MR) is 255 cm³/mol. The number of hydrogen-bond donors (Lipinski definition) is 3. The van der Waals surface area contributed by atoms with Crippen LogP contribution < -0.4 is 5.32 Å². The number of aliphatic hydroxyl groups is 2. The van der Waals surface area contributed by atoms with Gasteiger partial charge in [-0.3, -0.25) is 9.59 Å². The lowest BCUT2D eigenvalue weighted by Crippen LogP contribution is -2.46. The van der Waals surface area contributed by atoms with Crippen LogP contribution in [0.2, 0.25) is 0 Å². The molecular weight excluding hydrogens is 731 g/mol. The summed E-state index contributed by atoms with van der Waals surface area (Å²) in [6.45, 7) is 6.31. The van der Waals surface area contributed by atoms with E-state index < -0.39 is 18.2 Å². The molecular formula is C53H93NO5. The average molecular weight is 824 g/mol. The maximum Gasteiger partial charge on any atom is 0.306 e. The molecule has 59 heavy (non-hydrogen) atoms. The molecule has 0 fully saturated rings. The van der Waals surface area contributed by atoms with Gasteiger partial charge in [0.25, 0.3) is 0 Å². The molecule has 340 valence electrons. The molecule has 0 aromatic heterocycles. The molecule has 0 saturated heterocycles. The fraction of sp³-hybridized carbons (Fsp3) is 0.736. The highest BCUT2D eigenvalue weighted by Gasteiger charge is 2.24. The van der Waals surface area contributed by atoms with E-state index in [-0.39, 0.29) is 24.9 Å². The van der Waals surface area contributed by atoms with Crippen molar-refractivity contribution in [2.45, 2.75) is 244 Å². The molecule has 0 radical (unpaired) electrons. The Labute approximate surface area is 364 Å². The van der Waals surface area contributed by atoms with Crippen molar-refractivity contribution < 1.29 is 24.5 Å². The van der Waals surface area contributed by atoms with Crippen molar-refractivity contribution in [3.05, 3.63) is 72.9 Å². The molecule has 3 N–H and O–H groups in total. The van der Waals surface area contributed by atoms with Gasteiger partial charge in [-0.25, -0.2) is 0 Å². The smallest absolute Gasteiger partial charge is 0.306 e. The summed E-state index contributed by atoms with van der Waals surface area (Å²) < 4.78 is 5.89. The maximum atomic E-state index is 13.2. The van der Waals surface area contributed by atoms with Crippen LogP contribution in [0.25, 0.3) is 0 Å². The minimum atomic E-state index is -0.803. The number of aliphatic hydroxyl groups excluding tert-OH is 2. The molecule has 0 spiro atoms. The zero-order valence-electron chi connectivity index (χ0n) is 38.6. The van der Waals surface area contributed by atoms with Gasteiger partial charge in [0, 0.05) is 6.42 Å². The van der Waals surface area contributed by atoms with Crippen LogP contribution in [0.15, 0.2) is 72.9 Å². The van der Waals surface area contributed by atoms with Gasteiger partial charge in [0.1, 0.15) is 6.10 Å². The minimum absolute atomic E-state index is 0.0409. The Hall–Kier alpha value is -2.70. The second-order valence-corrected chi connectivity index (χ2v) is 16.6. The fourth-order valence-electron chi connectivity index (χ4n) is 7.14. The maximum absolute atomic E-state index is 13.2. The Morgan fingerprint density at radius 2 is 0.915 bits per heavy atom. The Morgan fingerprint density at radius 1 is 0.508 bits per heavy atom. The summed E-state index contributed by atoms with van der Waals surface area (Å²) in [5.74, 6) is -0.550. The number of rotatable bonds is 43. The van der Waals surface area contributed by atoms with Gasteiger partial charge in [0.05, 0.1) is 25.2 Å². The Balaban J connectivity index is 4.73. The van der Waals surface area contributed by atoms with E-state index in [2.05, 4.69) is 68.6 Å². The van der Waals surface area contributed by atoms with Crippen molar-refractivity contribution in [2.75, 3.05) is 6.61 Å². The number of hydrogen-bond acceptors (Lipinski definition) is 5. The van der Waals surface area contributed by atoms with E-state index in [9.17, 15) is 19.8 Å². The van der Waals surface area contributed by atoms with Crippen molar-refractivity contribution in [1.29, 1.82) is 0 Å². The number of unbranched alkanes of at least 4 members (excludes halogenated alkanes) is 23. The van der Waals surface area contributed by atoms with Crippen molar-refractivity contribution in [1.82, 2.24) is 5.32 Å². The monoisotopic (exact) mass is 824 g/mol. The topological polar surface area (TPSA) is 95.9 Å². The van der Waals surface area contributed by atoms with Gasteiger partial charge in [-0.1, -0.05) is 216 Å². The number of allylic oxidation sites excluding steroid dienone is 12. The SMILES string of the molecule is CC/C=C/C=C/C=C\C=C/CCCCCC(=O)OC(CCCCC/C=C/C=C/CCCCCCCCC)CC(=O)NC(CO)C(O)CCCCCCCCCCCCC. The van der Waals surface area contributed by atoms with Crippen LogP contribution in [0.1, 0.15) is 226 Å². The van der Waals surface area contributed by atoms with Crippen LogP contribution in [0, 0.1) is 0 Å². The largest absolute Gasteiger partial charge is 0.462 e. The van der Waals surface area contributed by atoms with Crippen LogP contribution in [0.3, 0.4) is 0 Å². The van der Waals surface area contributed by atoms with E-state index in [1.807, 2.05) is 30.4 Å². The lowest BCUT2D eigenvalue weighted by atomic mass is 10.0. The number of amides is 1. The van der Waals surface area contributed by atoms with E-state index in [1.54, 1.807) is 0 Å². The van der Waals surface area contributed by atoms with Crippen molar-refractivity contribution in [2.24, 2.45) is 0 Å². The molecule has 0 bridgehead atoms. The molecule has 1 amide bonds. The highest BCUT2D eigenvalue weighted by atomic mass is 16.5. The lowest BCUT2D eigenvalue weighted by Gasteiger charge is -2.24. The summed E-state index contributed by atoms with van der Waals surface area (Å²) in [6.07, 6.45) is 58.2. The summed E-state index contributed by atoms with van der Waals surface area (Å²) in [5, 5.41) is 23.7. The van der Waals surface area contributed by atoms with Crippen LogP contribution in [0.5, 0.6) is 0 Å². The molecule has 3 unspecified atom stereocenters. The third-order valence-electron chi connectivity index (χ3n) is 10.9. The van der Waals surface area contributed by atoms with Gasteiger partial charge in [0.15, 0.2) is 0 Å². The molecule has 0 rings (SSSR count). The van der Waals surface area contributed by atoms with Crippen LogP contribution in [-0.2, 0) is 14.3 Å². The predicted octanol–water partition coefficient (Wildman–Crippen LogP) is 14.6. The summed E-state index contributed by atoms with van der Waals surface area (Å²) in [7, 11) is 0. The normalized spacial score (nSPS) is 13.9. The van der Waals surface area contributed by atoms with E-state index in [0.717, 1.165) is 83.5 Å². The quantitative estimate of drug-likeness (QED) is 0.0323. The minimum Gasteiger partial charge on any atom is -0.462 e. The highest BCUT2D eigenvalue weighted by molar-refractivity contribution is 5.77. The number of esters is 1. The highest BCUT2D eigenvalue weighted by Crippen LogP contribution is 2.17. The van der Waals surface area contributed by atoms with Crippen molar-refractivity contribution in [3.8, 4) is 0 Å². The summed E-state index contributed by atoms with van der Waals surface area (Å²) in [6, 6.07) is -0.720. The lowest BCUT2D eigenvalue weighted by molar-refractivity contribution is -0.151. The number of nitrogens with one attached hydrogen (secondary N) is 1. The molecule has 3 atom stereocenters. The zero-order valence-corrected chi connectivity index (χ0v) is 38.6. The first-order valence-corrected chi connectivity index (χ1v) is 24.7. The molecule has 0 aromatic rings. The third-order valence-corrected chi connectivity index (χ3v) is 10.9.